The largest absolute Gasteiger partial charge is 0.416 e. The van der Waals surface area contributed by atoms with Gasteiger partial charge in [0.05, 0.1) is 11.3 Å². The second-order valence-corrected chi connectivity index (χ2v) is 5.55. The number of benzene rings is 1. The van der Waals surface area contributed by atoms with Crippen molar-refractivity contribution in [2.75, 3.05) is 17.7 Å². The average molecular weight is 359 g/mol. The molecule has 0 aliphatic heterocycles. The third-order valence-electron chi connectivity index (χ3n) is 3.83. The lowest BCUT2D eigenvalue weighted by atomic mass is 10.1. The zero-order valence-electron chi connectivity index (χ0n) is 14.1. The maximum Gasteiger partial charge on any atom is 0.416 e. The molecule has 134 valence electrons. The molecule has 2 heterocycles. The normalized spacial score (nSPS) is 11.3. The van der Waals surface area contributed by atoms with Crippen LogP contribution in [0.15, 0.2) is 48.8 Å². The van der Waals surface area contributed by atoms with E-state index in [0.717, 1.165) is 11.6 Å². The Morgan fingerprint density at radius 3 is 2.38 bits per heavy atom. The Kier molecular flexibility index (Phi) is 4.75. The van der Waals surface area contributed by atoms with E-state index in [2.05, 4.69) is 25.6 Å². The van der Waals surface area contributed by atoms with Gasteiger partial charge in [0.2, 0.25) is 5.95 Å². The highest BCUT2D eigenvalue weighted by atomic mass is 19.4. The van der Waals surface area contributed by atoms with Crippen molar-refractivity contribution in [3.05, 3.63) is 59.9 Å². The molecule has 0 amide bonds. The maximum absolute atomic E-state index is 13.1. The van der Waals surface area contributed by atoms with Gasteiger partial charge in [-0.15, -0.1) is 0 Å². The third kappa shape index (κ3) is 3.74. The summed E-state index contributed by atoms with van der Waals surface area (Å²) < 4.78 is 39.3. The Hall–Kier alpha value is -3.16. The number of halogens is 3. The molecule has 0 saturated carbocycles. The molecule has 0 fully saturated rings. The van der Waals surface area contributed by atoms with Crippen LogP contribution in [0.25, 0.3) is 11.3 Å². The molecule has 3 rings (SSSR count). The zero-order valence-corrected chi connectivity index (χ0v) is 14.1. The van der Waals surface area contributed by atoms with Crippen LogP contribution in [0.5, 0.6) is 0 Å². The van der Waals surface area contributed by atoms with E-state index in [1.165, 1.54) is 13.0 Å². The molecule has 0 aliphatic rings. The van der Waals surface area contributed by atoms with Crippen molar-refractivity contribution in [3.63, 3.8) is 0 Å². The van der Waals surface area contributed by atoms with Crippen molar-refractivity contribution >= 4 is 17.5 Å². The van der Waals surface area contributed by atoms with E-state index in [0.29, 0.717) is 23.1 Å². The van der Waals surface area contributed by atoms with Crippen molar-refractivity contribution in [1.29, 1.82) is 0 Å². The topological polar surface area (TPSA) is 62.7 Å². The van der Waals surface area contributed by atoms with E-state index in [9.17, 15) is 13.2 Å². The molecule has 0 aliphatic carbocycles. The SMILES string of the molecule is CNc1nc(Nc2cccc(C(F)(F)F)c2C)cc(-c2ccncc2)n1. The van der Waals surface area contributed by atoms with E-state index < -0.39 is 11.7 Å². The molecule has 0 radical (unpaired) electrons. The number of anilines is 3. The first-order chi connectivity index (χ1) is 12.4. The summed E-state index contributed by atoms with van der Waals surface area (Å²) in [6.07, 6.45) is -1.13. The number of rotatable bonds is 4. The van der Waals surface area contributed by atoms with E-state index >= 15 is 0 Å². The van der Waals surface area contributed by atoms with E-state index in [1.54, 1.807) is 43.7 Å². The van der Waals surface area contributed by atoms with Crippen LogP contribution in [0.2, 0.25) is 0 Å². The van der Waals surface area contributed by atoms with Crippen LogP contribution < -0.4 is 10.6 Å². The Balaban J connectivity index is 2.01. The zero-order chi connectivity index (χ0) is 18.7. The summed E-state index contributed by atoms with van der Waals surface area (Å²) in [5, 5.41) is 5.82. The number of nitrogens with one attached hydrogen (secondary N) is 2. The first-order valence-corrected chi connectivity index (χ1v) is 7.79. The molecule has 1 aromatic carbocycles. The molecular formula is C18H16F3N5. The number of pyridine rings is 1. The minimum absolute atomic E-state index is 0.107. The fourth-order valence-electron chi connectivity index (χ4n) is 2.51. The molecule has 26 heavy (non-hydrogen) atoms. The fraction of sp³-hybridized carbons (Fsp3) is 0.167. The minimum atomic E-state index is -4.41. The predicted molar refractivity (Wildman–Crippen MR) is 94.3 cm³/mol. The molecule has 0 bridgehead atoms. The van der Waals surface area contributed by atoms with E-state index in [-0.39, 0.29) is 5.56 Å². The smallest absolute Gasteiger partial charge is 0.357 e. The van der Waals surface area contributed by atoms with Crippen LogP contribution >= 0.6 is 0 Å². The summed E-state index contributed by atoms with van der Waals surface area (Å²) in [7, 11) is 1.67. The molecule has 3 aromatic rings. The van der Waals surface area contributed by atoms with Gasteiger partial charge in [0.1, 0.15) is 5.82 Å². The van der Waals surface area contributed by atoms with Gasteiger partial charge in [0, 0.05) is 36.8 Å². The highest BCUT2D eigenvalue weighted by Crippen LogP contribution is 2.35. The number of aromatic nitrogens is 3. The molecule has 0 saturated heterocycles. The molecule has 0 spiro atoms. The van der Waals surface area contributed by atoms with Crippen LogP contribution in [0, 0.1) is 6.92 Å². The fourth-order valence-corrected chi connectivity index (χ4v) is 2.51. The molecule has 5 nitrogen and oxygen atoms in total. The quantitative estimate of drug-likeness (QED) is 0.710. The van der Waals surface area contributed by atoms with Crippen LogP contribution in [0.4, 0.5) is 30.6 Å². The van der Waals surface area contributed by atoms with Gasteiger partial charge in [0.15, 0.2) is 0 Å². The van der Waals surface area contributed by atoms with Gasteiger partial charge in [-0.05, 0) is 36.8 Å². The Labute approximate surface area is 148 Å². The van der Waals surface area contributed by atoms with Gasteiger partial charge < -0.3 is 10.6 Å². The first-order valence-electron chi connectivity index (χ1n) is 7.79. The summed E-state index contributed by atoms with van der Waals surface area (Å²) in [5.41, 5.74) is 1.21. The van der Waals surface area contributed by atoms with Gasteiger partial charge in [-0.25, -0.2) is 4.98 Å². The number of alkyl halides is 3. The molecule has 8 heteroatoms. The molecule has 0 unspecified atom stereocenters. The summed E-state index contributed by atoms with van der Waals surface area (Å²) in [5.74, 6) is 0.741. The number of hydrogen-bond acceptors (Lipinski definition) is 5. The van der Waals surface area contributed by atoms with Gasteiger partial charge in [0.25, 0.3) is 0 Å². The molecule has 0 atom stereocenters. The highest BCUT2D eigenvalue weighted by molar-refractivity contribution is 5.69. The lowest BCUT2D eigenvalue weighted by Gasteiger charge is -2.15. The van der Waals surface area contributed by atoms with Crippen LogP contribution in [0.1, 0.15) is 11.1 Å². The van der Waals surface area contributed by atoms with Crippen LogP contribution in [-0.2, 0) is 6.18 Å². The second-order valence-electron chi connectivity index (χ2n) is 5.55. The highest BCUT2D eigenvalue weighted by Gasteiger charge is 2.32. The van der Waals surface area contributed by atoms with Crippen LogP contribution in [-0.4, -0.2) is 22.0 Å². The van der Waals surface area contributed by atoms with Crippen molar-refractivity contribution in [1.82, 2.24) is 15.0 Å². The number of hydrogen-bond donors (Lipinski definition) is 2. The average Bonchev–Trinajstić information content (AvgIpc) is 2.63. The maximum atomic E-state index is 13.1. The van der Waals surface area contributed by atoms with Gasteiger partial charge in [-0.2, -0.15) is 18.2 Å². The lowest BCUT2D eigenvalue weighted by Crippen LogP contribution is -2.09. The molecule has 2 N–H and O–H groups in total. The van der Waals surface area contributed by atoms with Crippen molar-refractivity contribution in [2.24, 2.45) is 0 Å². The van der Waals surface area contributed by atoms with E-state index in [4.69, 9.17) is 0 Å². The summed E-state index contributed by atoms with van der Waals surface area (Å²) in [6, 6.07) is 9.26. The van der Waals surface area contributed by atoms with Crippen LogP contribution in [0.3, 0.4) is 0 Å². The van der Waals surface area contributed by atoms with Crippen molar-refractivity contribution in [2.45, 2.75) is 13.1 Å². The summed E-state index contributed by atoms with van der Waals surface area (Å²) in [4.78, 5) is 12.6. The van der Waals surface area contributed by atoms with Gasteiger partial charge in [-0.3, -0.25) is 4.98 Å². The summed E-state index contributed by atoms with van der Waals surface area (Å²) >= 11 is 0. The van der Waals surface area contributed by atoms with Gasteiger partial charge in [-0.1, -0.05) is 6.07 Å². The number of nitrogens with zero attached hydrogens (tertiary/aromatic N) is 3. The standard InChI is InChI=1S/C18H16F3N5/c1-11-13(18(19,20)21)4-3-5-14(11)24-16-10-15(25-17(22-2)26-16)12-6-8-23-9-7-12/h3-10H,1-2H3,(H2,22,24,25,26). The first kappa shape index (κ1) is 17.7. The minimum Gasteiger partial charge on any atom is -0.357 e. The lowest BCUT2D eigenvalue weighted by molar-refractivity contribution is -0.138. The molecule has 2 aromatic heterocycles. The Morgan fingerprint density at radius 2 is 1.73 bits per heavy atom. The van der Waals surface area contributed by atoms with Gasteiger partial charge >= 0.3 is 6.18 Å². The predicted octanol–water partition coefficient (Wildman–Crippen LogP) is 4.65. The van der Waals surface area contributed by atoms with Crippen molar-refractivity contribution in [3.8, 4) is 11.3 Å². The molecular weight excluding hydrogens is 343 g/mol. The second kappa shape index (κ2) is 6.99. The monoisotopic (exact) mass is 359 g/mol. The Morgan fingerprint density at radius 1 is 1.00 bits per heavy atom. The summed E-state index contributed by atoms with van der Waals surface area (Å²) in [6.45, 7) is 1.43. The van der Waals surface area contributed by atoms with Crippen molar-refractivity contribution < 1.29 is 13.2 Å². The Bertz CT molecular complexity index is 910. The third-order valence-corrected chi connectivity index (χ3v) is 3.83. The van der Waals surface area contributed by atoms with E-state index in [1.807, 2.05) is 0 Å².